The minimum atomic E-state index is -0.986. The second kappa shape index (κ2) is 7.59. The first-order valence-corrected chi connectivity index (χ1v) is 6.04. The number of carbonyl (C=O) groups is 2. The predicted octanol–water partition coefficient (Wildman–Crippen LogP) is 0.811. The number of amides is 3. The van der Waals surface area contributed by atoms with E-state index in [1.165, 1.54) is 0 Å². The van der Waals surface area contributed by atoms with Crippen LogP contribution in [0.2, 0.25) is 0 Å². The molecule has 0 fully saturated rings. The summed E-state index contributed by atoms with van der Waals surface area (Å²) in [5, 5.41) is 13.8. The van der Waals surface area contributed by atoms with Crippen molar-refractivity contribution < 1.29 is 9.59 Å². The summed E-state index contributed by atoms with van der Waals surface area (Å²) in [6.45, 7) is 2.18. The zero-order chi connectivity index (χ0) is 15.0. The number of imide groups is 1. The highest BCUT2D eigenvalue weighted by Gasteiger charge is 2.13. The van der Waals surface area contributed by atoms with E-state index in [4.69, 9.17) is 11.0 Å². The Morgan fingerprint density at radius 1 is 1.30 bits per heavy atom. The molecule has 0 aliphatic heterocycles. The van der Waals surface area contributed by atoms with Crippen LogP contribution in [-0.4, -0.2) is 18.5 Å². The van der Waals surface area contributed by atoms with Gasteiger partial charge in [0.2, 0.25) is 0 Å². The lowest BCUT2D eigenvalue weighted by molar-refractivity contribution is -0.116. The van der Waals surface area contributed by atoms with Crippen LogP contribution in [0, 0.1) is 11.3 Å². The van der Waals surface area contributed by atoms with Crippen molar-refractivity contribution >= 4 is 11.9 Å². The molecule has 0 saturated heterocycles. The average molecular weight is 272 g/mol. The van der Waals surface area contributed by atoms with Gasteiger partial charge in [-0.15, -0.1) is 0 Å². The maximum Gasteiger partial charge on any atom is 0.319 e. The molecular weight excluding hydrogens is 256 g/mol. The number of primary amides is 1. The molecule has 1 rings (SSSR count). The molecule has 3 amide bonds. The molecule has 6 nitrogen and oxygen atoms in total. The normalized spacial score (nSPS) is 11.0. The molecule has 6 heteroatoms. The summed E-state index contributed by atoms with van der Waals surface area (Å²) in [6, 6.07) is 10.6. The van der Waals surface area contributed by atoms with Gasteiger partial charge in [0.15, 0.2) is 0 Å². The van der Waals surface area contributed by atoms with Gasteiger partial charge >= 0.3 is 6.03 Å². The lowest BCUT2D eigenvalue weighted by Gasteiger charge is -2.08. The summed E-state index contributed by atoms with van der Waals surface area (Å²) in [5.74, 6) is -0.801. The van der Waals surface area contributed by atoms with Gasteiger partial charge in [-0.1, -0.05) is 30.3 Å². The average Bonchev–Trinajstić information content (AvgIpc) is 2.40. The summed E-state index contributed by atoms with van der Waals surface area (Å²) in [6.07, 6.45) is 0.758. The van der Waals surface area contributed by atoms with Crippen molar-refractivity contribution in [3.8, 4) is 6.07 Å². The number of nitrogens with zero attached hydrogens (tertiary/aromatic N) is 1. The monoisotopic (exact) mass is 272 g/mol. The van der Waals surface area contributed by atoms with Crippen LogP contribution in [0.25, 0.3) is 0 Å². The smallest absolute Gasteiger partial charge is 0.319 e. The third kappa shape index (κ3) is 4.82. The molecule has 0 atom stereocenters. The molecule has 0 aromatic heterocycles. The third-order valence-electron chi connectivity index (χ3n) is 2.60. The van der Waals surface area contributed by atoms with Gasteiger partial charge in [0.1, 0.15) is 11.6 Å². The molecule has 0 spiro atoms. The first-order chi connectivity index (χ1) is 9.54. The Morgan fingerprint density at radius 2 is 1.95 bits per heavy atom. The number of urea groups is 1. The Balaban J connectivity index is 2.60. The lowest BCUT2D eigenvalue weighted by Crippen LogP contribution is -2.36. The lowest BCUT2D eigenvalue weighted by atomic mass is 10.1. The van der Waals surface area contributed by atoms with Gasteiger partial charge in [0.05, 0.1) is 0 Å². The highest BCUT2D eigenvalue weighted by Crippen LogP contribution is 2.02. The van der Waals surface area contributed by atoms with Crippen molar-refractivity contribution in [1.82, 2.24) is 10.6 Å². The van der Waals surface area contributed by atoms with Gasteiger partial charge < -0.3 is 11.1 Å². The molecule has 1 aromatic rings. The molecule has 0 unspecified atom stereocenters. The molecule has 20 heavy (non-hydrogen) atoms. The topological polar surface area (TPSA) is 108 Å². The standard InChI is InChI=1S/C14H16N4O2/c1-10(12(9-15)13(19)18-14(16)20)17-8-7-11-5-3-2-4-6-11/h2-6,17H,7-8H2,1H3,(H3,16,18,19,20). The van der Waals surface area contributed by atoms with Crippen molar-refractivity contribution in [2.45, 2.75) is 13.3 Å². The van der Waals surface area contributed by atoms with E-state index in [1.54, 1.807) is 13.0 Å². The summed E-state index contributed by atoms with van der Waals surface area (Å²) in [7, 11) is 0. The van der Waals surface area contributed by atoms with Gasteiger partial charge in [-0.05, 0) is 18.9 Å². The van der Waals surface area contributed by atoms with Crippen LogP contribution in [0.15, 0.2) is 41.6 Å². The van der Waals surface area contributed by atoms with Gasteiger partial charge in [0, 0.05) is 12.2 Å². The number of hydrogen-bond donors (Lipinski definition) is 3. The number of rotatable bonds is 5. The highest BCUT2D eigenvalue weighted by atomic mass is 16.2. The van der Waals surface area contributed by atoms with Crippen LogP contribution in [-0.2, 0) is 11.2 Å². The van der Waals surface area contributed by atoms with E-state index >= 15 is 0 Å². The van der Waals surface area contributed by atoms with Crippen LogP contribution in [0.4, 0.5) is 4.79 Å². The Morgan fingerprint density at radius 3 is 2.50 bits per heavy atom. The molecule has 104 valence electrons. The van der Waals surface area contributed by atoms with Crippen LogP contribution in [0.3, 0.4) is 0 Å². The number of carbonyl (C=O) groups excluding carboxylic acids is 2. The van der Waals surface area contributed by atoms with Crippen molar-refractivity contribution in [3.63, 3.8) is 0 Å². The van der Waals surface area contributed by atoms with Crippen molar-refractivity contribution in [1.29, 1.82) is 5.26 Å². The SMILES string of the molecule is CC(NCCc1ccccc1)=C(C#N)C(=O)NC(N)=O. The fourth-order valence-corrected chi connectivity index (χ4v) is 1.61. The Labute approximate surface area is 117 Å². The molecule has 0 saturated carbocycles. The van der Waals surface area contributed by atoms with Gasteiger partial charge in [-0.3, -0.25) is 10.1 Å². The third-order valence-corrected chi connectivity index (χ3v) is 2.60. The number of nitriles is 1. The van der Waals surface area contributed by atoms with Crippen LogP contribution in [0.1, 0.15) is 12.5 Å². The maximum atomic E-state index is 11.5. The highest BCUT2D eigenvalue weighted by molar-refractivity contribution is 6.06. The number of benzene rings is 1. The minimum Gasteiger partial charge on any atom is -0.387 e. The maximum absolute atomic E-state index is 11.5. The van der Waals surface area contributed by atoms with E-state index in [-0.39, 0.29) is 5.57 Å². The van der Waals surface area contributed by atoms with Gasteiger partial charge in [-0.2, -0.15) is 5.26 Å². The van der Waals surface area contributed by atoms with Crippen LogP contribution >= 0.6 is 0 Å². The zero-order valence-corrected chi connectivity index (χ0v) is 11.1. The number of nitrogens with one attached hydrogen (secondary N) is 2. The first-order valence-electron chi connectivity index (χ1n) is 6.04. The Hall–Kier alpha value is -2.81. The quantitative estimate of drug-likeness (QED) is 0.544. The molecular formula is C14H16N4O2. The van der Waals surface area contributed by atoms with E-state index in [0.717, 1.165) is 12.0 Å². The van der Waals surface area contributed by atoms with Crippen molar-refractivity contribution in [2.24, 2.45) is 5.73 Å². The molecule has 0 aliphatic rings. The summed E-state index contributed by atoms with van der Waals surface area (Å²) < 4.78 is 0. The Bertz CT molecular complexity index is 558. The molecule has 0 bridgehead atoms. The van der Waals surface area contributed by atoms with E-state index in [1.807, 2.05) is 35.6 Å². The second-order valence-electron chi connectivity index (χ2n) is 4.09. The van der Waals surface area contributed by atoms with Crippen molar-refractivity contribution in [2.75, 3.05) is 6.54 Å². The largest absolute Gasteiger partial charge is 0.387 e. The molecule has 0 radical (unpaired) electrons. The molecule has 1 aromatic carbocycles. The molecule has 0 heterocycles. The summed E-state index contributed by atoms with van der Waals surface area (Å²) >= 11 is 0. The summed E-state index contributed by atoms with van der Waals surface area (Å²) in [4.78, 5) is 22.1. The van der Waals surface area contributed by atoms with E-state index in [0.29, 0.717) is 12.2 Å². The van der Waals surface area contributed by atoms with Crippen LogP contribution < -0.4 is 16.4 Å². The van der Waals surface area contributed by atoms with Gasteiger partial charge in [0.25, 0.3) is 5.91 Å². The van der Waals surface area contributed by atoms with Crippen molar-refractivity contribution in [3.05, 3.63) is 47.2 Å². The van der Waals surface area contributed by atoms with Gasteiger partial charge in [-0.25, -0.2) is 4.79 Å². The van der Waals surface area contributed by atoms with E-state index < -0.39 is 11.9 Å². The second-order valence-corrected chi connectivity index (χ2v) is 4.09. The number of allylic oxidation sites excluding steroid dienone is 1. The fourth-order valence-electron chi connectivity index (χ4n) is 1.61. The molecule has 4 N–H and O–H groups in total. The summed E-state index contributed by atoms with van der Waals surface area (Å²) in [5.41, 5.74) is 6.23. The minimum absolute atomic E-state index is 0.156. The predicted molar refractivity (Wildman–Crippen MR) is 74.2 cm³/mol. The zero-order valence-electron chi connectivity index (χ0n) is 11.1. The first kappa shape index (κ1) is 15.2. The fraction of sp³-hybridized carbons (Fsp3) is 0.214. The van der Waals surface area contributed by atoms with Crippen LogP contribution in [0.5, 0.6) is 0 Å². The number of nitrogens with two attached hydrogens (primary N) is 1. The van der Waals surface area contributed by atoms with E-state index in [2.05, 4.69) is 5.32 Å². The van der Waals surface area contributed by atoms with E-state index in [9.17, 15) is 9.59 Å². The molecule has 0 aliphatic carbocycles. The Kier molecular flexibility index (Phi) is 5.78. The number of hydrogen-bond acceptors (Lipinski definition) is 4.